The molecule has 0 saturated heterocycles. The zero-order valence-electron chi connectivity index (χ0n) is 10.7. The third-order valence-corrected chi connectivity index (χ3v) is 3.14. The van der Waals surface area contributed by atoms with E-state index in [0.29, 0.717) is 30.3 Å². The van der Waals surface area contributed by atoms with E-state index >= 15 is 0 Å². The zero-order valence-corrected chi connectivity index (χ0v) is 10.7. The van der Waals surface area contributed by atoms with E-state index in [2.05, 4.69) is 0 Å². The van der Waals surface area contributed by atoms with Crippen molar-refractivity contribution >= 4 is 5.69 Å². The molecule has 20 heavy (non-hydrogen) atoms. The number of anilines is 1. The lowest BCUT2D eigenvalue weighted by Crippen LogP contribution is -1.97. The van der Waals surface area contributed by atoms with Crippen LogP contribution in [0.4, 0.5) is 14.5 Å². The van der Waals surface area contributed by atoms with Gasteiger partial charge in [-0.25, -0.2) is 8.78 Å². The van der Waals surface area contributed by atoms with Gasteiger partial charge in [-0.2, -0.15) is 0 Å². The van der Waals surface area contributed by atoms with Gasteiger partial charge >= 0.3 is 0 Å². The molecule has 0 aromatic heterocycles. The predicted octanol–water partition coefficient (Wildman–Crippen LogP) is 3.38. The molecule has 1 aliphatic rings. The average Bonchev–Trinajstić information content (AvgIpc) is 2.67. The summed E-state index contributed by atoms with van der Waals surface area (Å²) in [6.07, 6.45) is 0.787. The smallest absolute Gasteiger partial charge is 0.161 e. The predicted molar refractivity (Wildman–Crippen MR) is 71.8 cm³/mol. The first-order valence-electron chi connectivity index (χ1n) is 6.29. The van der Waals surface area contributed by atoms with Crippen molar-refractivity contribution in [3.8, 4) is 22.6 Å². The molecule has 3 nitrogen and oxygen atoms in total. The highest BCUT2D eigenvalue weighted by Gasteiger charge is 2.15. The van der Waals surface area contributed by atoms with Crippen LogP contribution in [-0.4, -0.2) is 13.2 Å². The summed E-state index contributed by atoms with van der Waals surface area (Å²) in [4.78, 5) is 0. The van der Waals surface area contributed by atoms with Gasteiger partial charge in [-0.05, 0) is 23.8 Å². The Kier molecular flexibility index (Phi) is 3.18. The van der Waals surface area contributed by atoms with Crippen LogP contribution in [0.5, 0.6) is 11.5 Å². The lowest BCUT2D eigenvalue weighted by molar-refractivity contribution is 0.297. The molecule has 0 saturated carbocycles. The van der Waals surface area contributed by atoms with E-state index in [1.807, 2.05) is 0 Å². The number of hydrogen-bond acceptors (Lipinski definition) is 3. The van der Waals surface area contributed by atoms with E-state index in [-0.39, 0.29) is 11.3 Å². The van der Waals surface area contributed by atoms with E-state index in [0.717, 1.165) is 18.6 Å². The van der Waals surface area contributed by atoms with Crippen LogP contribution in [0.1, 0.15) is 6.42 Å². The van der Waals surface area contributed by atoms with Crippen LogP contribution >= 0.6 is 0 Å². The highest BCUT2D eigenvalue weighted by molar-refractivity contribution is 5.69. The number of ether oxygens (including phenoxy) is 2. The van der Waals surface area contributed by atoms with Gasteiger partial charge in [0.25, 0.3) is 0 Å². The lowest BCUT2D eigenvalue weighted by Gasteiger charge is -2.10. The number of rotatable bonds is 1. The van der Waals surface area contributed by atoms with E-state index in [9.17, 15) is 8.78 Å². The van der Waals surface area contributed by atoms with Crippen LogP contribution in [0.15, 0.2) is 30.3 Å². The monoisotopic (exact) mass is 277 g/mol. The summed E-state index contributed by atoms with van der Waals surface area (Å²) in [6.45, 7) is 1.12. The molecule has 0 aliphatic carbocycles. The van der Waals surface area contributed by atoms with Gasteiger partial charge in [-0.1, -0.05) is 6.07 Å². The molecular formula is C15H13F2NO2. The molecule has 0 atom stereocenters. The van der Waals surface area contributed by atoms with Crippen molar-refractivity contribution in [3.63, 3.8) is 0 Å². The highest BCUT2D eigenvalue weighted by Crippen LogP contribution is 2.35. The SMILES string of the molecule is Nc1cc(F)c(-c2ccc3c(c2)OCCCO3)cc1F. The maximum absolute atomic E-state index is 13.9. The molecule has 104 valence electrons. The van der Waals surface area contributed by atoms with Crippen molar-refractivity contribution in [2.75, 3.05) is 18.9 Å². The van der Waals surface area contributed by atoms with Gasteiger partial charge in [-0.15, -0.1) is 0 Å². The fraction of sp³-hybridized carbons (Fsp3) is 0.200. The molecule has 1 aliphatic heterocycles. The van der Waals surface area contributed by atoms with Gasteiger partial charge in [0.05, 0.1) is 18.9 Å². The first-order chi connectivity index (χ1) is 9.65. The molecule has 0 fully saturated rings. The van der Waals surface area contributed by atoms with E-state index < -0.39 is 11.6 Å². The quantitative estimate of drug-likeness (QED) is 0.813. The topological polar surface area (TPSA) is 44.5 Å². The minimum absolute atomic E-state index is 0.146. The Balaban J connectivity index is 2.07. The Labute approximate surface area is 114 Å². The normalized spacial score (nSPS) is 13.9. The van der Waals surface area contributed by atoms with Gasteiger partial charge in [0.1, 0.15) is 11.6 Å². The van der Waals surface area contributed by atoms with Crippen molar-refractivity contribution in [2.24, 2.45) is 0 Å². The molecule has 0 amide bonds. The van der Waals surface area contributed by atoms with E-state index in [1.165, 1.54) is 0 Å². The van der Waals surface area contributed by atoms with Crippen LogP contribution in [0, 0.1) is 11.6 Å². The molecule has 1 heterocycles. The zero-order chi connectivity index (χ0) is 14.1. The molecule has 2 aromatic carbocycles. The fourth-order valence-electron chi connectivity index (χ4n) is 2.11. The number of benzene rings is 2. The van der Waals surface area contributed by atoms with Gasteiger partial charge in [0.2, 0.25) is 0 Å². The maximum Gasteiger partial charge on any atom is 0.161 e. The second-order valence-corrected chi connectivity index (χ2v) is 4.57. The molecule has 2 aromatic rings. The van der Waals surface area contributed by atoms with Crippen molar-refractivity contribution in [1.82, 2.24) is 0 Å². The number of hydrogen-bond donors (Lipinski definition) is 1. The molecule has 0 radical (unpaired) electrons. The lowest BCUT2D eigenvalue weighted by atomic mass is 10.0. The van der Waals surface area contributed by atoms with Crippen LogP contribution < -0.4 is 15.2 Å². The Hall–Kier alpha value is -2.30. The summed E-state index contributed by atoms with van der Waals surface area (Å²) in [6, 6.07) is 7.08. The molecule has 5 heteroatoms. The van der Waals surface area contributed by atoms with Crippen molar-refractivity contribution in [3.05, 3.63) is 42.0 Å². The second kappa shape index (κ2) is 5.00. The largest absolute Gasteiger partial charge is 0.490 e. The first-order valence-corrected chi connectivity index (χ1v) is 6.29. The number of halogens is 2. The van der Waals surface area contributed by atoms with Crippen molar-refractivity contribution in [1.29, 1.82) is 0 Å². The Morgan fingerprint density at radius 2 is 1.65 bits per heavy atom. The van der Waals surface area contributed by atoms with Crippen molar-refractivity contribution in [2.45, 2.75) is 6.42 Å². The third kappa shape index (κ3) is 2.27. The van der Waals surface area contributed by atoms with Crippen LogP contribution in [-0.2, 0) is 0 Å². The van der Waals surface area contributed by atoms with E-state index in [4.69, 9.17) is 15.2 Å². The maximum atomic E-state index is 13.9. The van der Waals surface area contributed by atoms with Crippen LogP contribution in [0.2, 0.25) is 0 Å². The molecule has 2 N–H and O–H groups in total. The highest BCUT2D eigenvalue weighted by atomic mass is 19.1. The summed E-state index contributed by atoms with van der Waals surface area (Å²) >= 11 is 0. The standard InChI is InChI=1S/C15H13F2NO2/c16-11-8-13(18)12(17)7-10(11)9-2-3-14-15(6-9)20-5-1-4-19-14/h2-3,6-8H,1,4-5,18H2. The number of fused-ring (bicyclic) bond motifs is 1. The minimum atomic E-state index is -0.645. The molecule has 0 bridgehead atoms. The van der Waals surface area contributed by atoms with E-state index in [1.54, 1.807) is 18.2 Å². The summed E-state index contributed by atoms with van der Waals surface area (Å²) in [5.41, 5.74) is 5.80. The summed E-state index contributed by atoms with van der Waals surface area (Å²) < 4.78 is 38.4. The molecular weight excluding hydrogens is 264 g/mol. The Bertz CT molecular complexity index is 659. The summed E-state index contributed by atoms with van der Waals surface area (Å²) in [7, 11) is 0. The molecule has 0 spiro atoms. The molecule has 3 rings (SSSR count). The average molecular weight is 277 g/mol. The van der Waals surface area contributed by atoms with Gasteiger partial charge in [0, 0.05) is 18.1 Å². The van der Waals surface area contributed by atoms with Crippen LogP contribution in [0.25, 0.3) is 11.1 Å². The Morgan fingerprint density at radius 3 is 2.45 bits per heavy atom. The molecule has 0 unspecified atom stereocenters. The number of nitrogens with two attached hydrogens (primary N) is 1. The first kappa shape index (κ1) is 12.7. The third-order valence-electron chi connectivity index (χ3n) is 3.14. The van der Waals surface area contributed by atoms with Gasteiger partial charge in [-0.3, -0.25) is 0 Å². The Morgan fingerprint density at radius 1 is 0.900 bits per heavy atom. The van der Waals surface area contributed by atoms with Crippen LogP contribution in [0.3, 0.4) is 0 Å². The summed E-state index contributed by atoms with van der Waals surface area (Å²) in [5, 5.41) is 0. The summed E-state index contributed by atoms with van der Waals surface area (Å²) in [5.74, 6) is -0.0638. The fourth-order valence-corrected chi connectivity index (χ4v) is 2.11. The van der Waals surface area contributed by atoms with Gasteiger partial charge < -0.3 is 15.2 Å². The second-order valence-electron chi connectivity index (χ2n) is 4.57. The number of nitrogen functional groups attached to an aromatic ring is 1. The van der Waals surface area contributed by atoms with Gasteiger partial charge in [0.15, 0.2) is 11.5 Å². The van der Waals surface area contributed by atoms with Crippen molar-refractivity contribution < 1.29 is 18.3 Å². The minimum Gasteiger partial charge on any atom is -0.490 e.